The van der Waals surface area contributed by atoms with Crippen molar-refractivity contribution in [2.45, 2.75) is 38.2 Å². The van der Waals surface area contributed by atoms with E-state index in [1.165, 1.54) is 17.5 Å². The van der Waals surface area contributed by atoms with Crippen molar-refractivity contribution in [3.63, 3.8) is 0 Å². The summed E-state index contributed by atoms with van der Waals surface area (Å²) in [7, 11) is 0. The van der Waals surface area contributed by atoms with Gasteiger partial charge in [0.1, 0.15) is 0 Å². The SMILES string of the molecule is Cc1ccc(CC2(O)CCC2)cc1. The summed E-state index contributed by atoms with van der Waals surface area (Å²) in [6, 6.07) is 8.45. The molecule has 2 rings (SSSR count). The molecule has 1 fully saturated rings. The zero-order valence-electron chi connectivity index (χ0n) is 8.09. The van der Waals surface area contributed by atoms with Crippen molar-refractivity contribution in [1.82, 2.24) is 0 Å². The average Bonchev–Trinajstić information content (AvgIpc) is 2.06. The molecule has 1 aromatic carbocycles. The van der Waals surface area contributed by atoms with Crippen molar-refractivity contribution in [2.75, 3.05) is 0 Å². The van der Waals surface area contributed by atoms with Crippen molar-refractivity contribution in [1.29, 1.82) is 0 Å². The van der Waals surface area contributed by atoms with E-state index < -0.39 is 0 Å². The van der Waals surface area contributed by atoms with Gasteiger partial charge in [-0.15, -0.1) is 0 Å². The third kappa shape index (κ3) is 1.92. The number of aliphatic hydroxyl groups is 1. The number of benzene rings is 1. The molecule has 1 N–H and O–H groups in total. The highest BCUT2D eigenvalue weighted by atomic mass is 16.3. The van der Waals surface area contributed by atoms with Crippen LogP contribution in [0.5, 0.6) is 0 Å². The maximum atomic E-state index is 9.93. The summed E-state index contributed by atoms with van der Waals surface area (Å²) < 4.78 is 0. The lowest BCUT2D eigenvalue weighted by molar-refractivity contribution is -0.0322. The second-order valence-electron chi connectivity index (χ2n) is 4.24. The molecular weight excluding hydrogens is 160 g/mol. The molecule has 1 heteroatoms. The first-order valence-corrected chi connectivity index (χ1v) is 4.96. The molecule has 0 radical (unpaired) electrons. The Morgan fingerprint density at radius 2 is 1.85 bits per heavy atom. The predicted octanol–water partition coefficient (Wildman–Crippen LogP) is 2.45. The van der Waals surface area contributed by atoms with Gasteiger partial charge in [0.25, 0.3) is 0 Å². The van der Waals surface area contributed by atoms with E-state index in [1.54, 1.807) is 0 Å². The molecule has 1 aliphatic carbocycles. The molecule has 0 unspecified atom stereocenters. The quantitative estimate of drug-likeness (QED) is 0.734. The number of hydrogen-bond acceptors (Lipinski definition) is 1. The molecule has 0 heterocycles. The fourth-order valence-corrected chi connectivity index (χ4v) is 1.85. The van der Waals surface area contributed by atoms with E-state index in [-0.39, 0.29) is 5.60 Å². The minimum Gasteiger partial charge on any atom is -0.390 e. The Hall–Kier alpha value is -0.820. The molecule has 1 aromatic rings. The Bertz CT molecular complexity index is 282. The van der Waals surface area contributed by atoms with Gasteiger partial charge in [0.15, 0.2) is 0 Å². The summed E-state index contributed by atoms with van der Waals surface area (Å²) in [6.07, 6.45) is 3.96. The van der Waals surface area contributed by atoms with Crippen LogP contribution in [0.3, 0.4) is 0 Å². The zero-order chi connectivity index (χ0) is 9.31. The highest BCUT2D eigenvalue weighted by molar-refractivity contribution is 5.23. The Balaban J connectivity index is 2.05. The number of aryl methyl sites for hydroxylation is 1. The summed E-state index contributed by atoms with van der Waals surface area (Å²) in [5.74, 6) is 0. The zero-order valence-corrected chi connectivity index (χ0v) is 8.09. The maximum absolute atomic E-state index is 9.93. The van der Waals surface area contributed by atoms with Crippen molar-refractivity contribution >= 4 is 0 Å². The van der Waals surface area contributed by atoms with Crippen LogP contribution in [0.2, 0.25) is 0 Å². The van der Waals surface area contributed by atoms with Crippen LogP contribution in [-0.4, -0.2) is 10.7 Å². The van der Waals surface area contributed by atoms with Gasteiger partial charge in [0, 0.05) is 6.42 Å². The van der Waals surface area contributed by atoms with E-state index in [9.17, 15) is 5.11 Å². The lowest BCUT2D eigenvalue weighted by Gasteiger charge is -2.36. The highest BCUT2D eigenvalue weighted by Gasteiger charge is 2.34. The standard InChI is InChI=1S/C12H16O/c1-10-3-5-11(6-4-10)9-12(13)7-2-8-12/h3-6,13H,2,7-9H2,1H3. The smallest absolute Gasteiger partial charge is 0.0688 e. The third-order valence-corrected chi connectivity index (χ3v) is 2.94. The van der Waals surface area contributed by atoms with Gasteiger partial charge in [0.2, 0.25) is 0 Å². The van der Waals surface area contributed by atoms with E-state index >= 15 is 0 Å². The Morgan fingerprint density at radius 3 is 2.31 bits per heavy atom. The molecule has 0 aromatic heterocycles. The average molecular weight is 176 g/mol. The molecule has 0 spiro atoms. The number of hydrogen-bond donors (Lipinski definition) is 1. The normalized spacial score (nSPS) is 19.5. The largest absolute Gasteiger partial charge is 0.390 e. The Morgan fingerprint density at radius 1 is 1.23 bits per heavy atom. The van der Waals surface area contributed by atoms with Crippen molar-refractivity contribution in [3.05, 3.63) is 35.4 Å². The lowest BCUT2D eigenvalue weighted by Crippen LogP contribution is -2.38. The van der Waals surface area contributed by atoms with Crippen LogP contribution in [0.1, 0.15) is 30.4 Å². The predicted molar refractivity (Wildman–Crippen MR) is 53.7 cm³/mol. The topological polar surface area (TPSA) is 20.2 Å². The maximum Gasteiger partial charge on any atom is 0.0688 e. The summed E-state index contributed by atoms with van der Waals surface area (Å²) in [6.45, 7) is 2.09. The molecule has 0 saturated heterocycles. The molecule has 70 valence electrons. The van der Waals surface area contributed by atoms with Crippen molar-refractivity contribution < 1.29 is 5.11 Å². The summed E-state index contributed by atoms with van der Waals surface area (Å²) in [4.78, 5) is 0. The third-order valence-electron chi connectivity index (χ3n) is 2.94. The van der Waals surface area contributed by atoms with Crippen LogP contribution in [0.15, 0.2) is 24.3 Å². The molecule has 1 nitrogen and oxygen atoms in total. The first-order valence-electron chi connectivity index (χ1n) is 4.96. The molecule has 13 heavy (non-hydrogen) atoms. The van der Waals surface area contributed by atoms with Crippen LogP contribution < -0.4 is 0 Å². The van der Waals surface area contributed by atoms with Gasteiger partial charge in [-0.25, -0.2) is 0 Å². The first kappa shape index (κ1) is 8.76. The van der Waals surface area contributed by atoms with Gasteiger partial charge in [-0.05, 0) is 31.7 Å². The van der Waals surface area contributed by atoms with E-state index in [0.29, 0.717) is 0 Å². The van der Waals surface area contributed by atoms with Gasteiger partial charge in [-0.1, -0.05) is 29.8 Å². The Labute approximate surface area is 79.4 Å². The molecule has 0 atom stereocenters. The van der Waals surface area contributed by atoms with Gasteiger partial charge in [-0.3, -0.25) is 0 Å². The van der Waals surface area contributed by atoms with E-state index in [1.807, 2.05) is 0 Å². The summed E-state index contributed by atoms with van der Waals surface area (Å²) in [5.41, 5.74) is 2.16. The van der Waals surface area contributed by atoms with E-state index in [2.05, 4.69) is 31.2 Å². The van der Waals surface area contributed by atoms with Crippen LogP contribution >= 0.6 is 0 Å². The van der Waals surface area contributed by atoms with Gasteiger partial charge in [-0.2, -0.15) is 0 Å². The molecule has 0 amide bonds. The fraction of sp³-hybridized carbons (Fsp3) is 0.500. The van der Waals surface area contributed by atoms with Crippen molar-refractivity contribution in [3.8, 4) is 0 Å². The molecule has 0 aliphatic heterocycles. The monoisotopic (exact) mass is 176 g/mol. The van der Waals surface area contributed by atoms with E-state index in [0.717, 1.165) is 19.3 Å². The lowest BCUT2D eigenvalue weighted by atomic mass is 9.76. The molecule has 1 aliphatic rings. The highest BCUT2D eigenvalue weighted by Crippen LogP contribution is 2.34. The Kier molecular flexibility index (Phi) is 2.12. The van der Waals surface area contributed by atoms with Crippen LogP contribution in [0.4, 0.5) is 0 Å². The molecular formula is C12H16O. The summed E-state index contributed by atoms with van der Waals surface area (Å²) >= 11 is 0. The minimum atomic E-state index is -0.380. The van der Waals surface area contributed by atoms with Crippen LogP contribution in [0.25, 0.3) is 0 Å². The van der Waals surface area contributed by atoms with Crippen LogP contribution in [0, 0.1) is 6.92 Å². The van der Waals surface area contributed by atoms with Crippen molar-refractivity contribution in [2.24, 2.45) is 0 Å². The minimum absolute atomic E-state index is 0.380. The molecule has 1 saturated carbocycles. The molecule has 0 bridgehead atoms. The van der Waals surface area contributed by atoms with Gasteiger partial charge in [0.05, 0.1) is 5.60 Å². The van der Waals surface area contributed by atoms with Gasteiger partial charge >= 0.3 is 0 Å². The van der Waals surface area contributed by atoms with Crippen LogP contribution in [-0.2, 0) is 6.42 Å². The van der Waals surface area contributed by atoms with Gasteiger partial charge < -0.3 is 5.11 Å². The summed E-state index contributed by atoms with van der Waals surface area (Å²) in [5, 5.41) is 9.93. The second-order valence-corrected chi connectivity index (χ2v) is 4.24. The second kappa shape index (κ2) is 3.15. The first-order chi connectivity index (χ1) is 6.18. The number of rotatable bonds is 2. The fourth-order valence-electron chi connectivity index (χ4n) is 1.85. The van der Waals surface area contributed by atoms with E-state index in [4.69, 9.17) is 0 Å².